The fourth-order valence-electron chi connectivity index (χ4n) is 1.03. The fraction of sp³-hybridized carbons (Fsp3) is 0.273. The molecule has 0 fully saturated rings. The van der Waals surface area contributed by atoms with Crippen molar-refractivity contribution in [1.82, 2.24) is 5.32 Å². The number of benzene rings is 1. The zero-order chi connectivity index (χ0) is 10.4. The number of hydrogen-bond acceptors (Lipinski definition) is 1. The highest BCUT2D eigenvalue weighted by molar-refractivity contribution is 6.31. The van der Waals surface area contributed by atoms with Crippen LogP contribution in [-0.4, -0.2) is 6.54 Å². The van der Waals surface area contributed by atoms with Gasteiger partial charge in [-0.3, -0.25) is 0 Å². The lowest BCUT2D eigenvalue weighted by Gasteiger charge is -2.04. The average molecular weight is 212 g/mol. The van der Waals surface area contributed by atoms with Crippen LogP contribution in [0.2, 0.25) is 5.02 Å². The van der Waals surface area contributed by atoms with E-state index in [1.165, 1.54) is 6.07 Å². The van der Waals surface area contributed by atoms with Crippen LogP contribution >= 0.6 is 11.6 Å². The lowest BCUT2D eigenvalue weighted by atomic mass is 10.2. The normalized spacial score (nSPS) is 9.36. The standard InChI is InChI=1S/C11H11ClFN/c1-2-3-7-14-8-9-5-4-6-10(13)11(9)12/h4-6,14H,7-8H2,1H3. The van der Waals surface area contributed by atoms with Crippen LogP contribution in [0, 0.1) is 17.7 Å². The van der Waals surface area contributed by atoms with Crippen molar-refractivity contribution in [2.75, 3.05) is 6.54 Å². The quantitative estimate of drug-likeness (QED) is 0.599. The van der Waals surface area contributed by atoms with Gasteiger partial charge in [-0.2, -0.15) is 0 Å². The van der Waals surface area contributed by atoms with Crippen LogP contribution in [0.15, 0.2) is 18.2 Å². The summed E-state index contributed by atoms with van der Waals surface area (Å²) in [4.78, 5) is 0. The molecule has 0 aliphatic rings. The number of rotatable bonds is 3. The minimum Gasteiger partial charge on any atom is -0.302 e. The summed E-state index contributed by atoms with van der Waals surface area (Å²) in [5, 5.41) is 3.23. The van der Waals surface area contributed by atoms with Gasteiger partial charge in [0, 0.05) is 6.54 Å². The second-order valence-electron chi connectivity index (χ2n) is 2.74. The minimum atomic E-state index is -0.382. The summed E-state index contributed by atoms with van der Waals surface area (Å²) in [6, 6.07) is 4.78. The van der Waals surface area contributed by atoms with Gasteiger partial charge in [0.15, 0.2) is 0 Å². The van der Waals surface area contributed by atoms with E-state index in [-0.39, 0.29) is 10.8 Å². The van der Waals surface area contributed by atoms with Gasteiger partial charge in [-0.15, -0.1) is 5.92 Å². The summed E-state index contributed by atoms with van der Waals surface area (Å²) in [6.07, 6.45) is 0. The van der Waals surface area contributed by atoms with E-state index in [9.17, 15) is 4.39 Å². The van der Waals surface area contributed by atoms with Gasteiger partial charge in [-0.25, -0.2) is 4.39 Å². The van der Waals surface area contributed by atoms with E-state index in [4.69, 9.17) is 11.6 Å². The summed E-state index contributed by atoms with van der Waals surface area (Å²) >= 11 is 5.75. The molecule has 0 aromatic heterocycles. The Morgan fingerprint density at radius 3 is 3.00 bits per heavy atom. The van der Waals surface area contributed by atoms with Crippen molar-refractivity contribution in [2.45, 2.75) is 13.5 Å². The van der Waals surface area contributed by atoms with Gasteiger partial charge in [0.05, 0.1) is 11.6 Å². The maximum Gasteiger partial charge on any atom is 0.142 e. The molecule has 0 saturated carbocycles. The predicted octanol–water partition coefficient (Wildman–Crippen LogP) is 2.59. The molecule has 0 aliphatic carbocycles. The van der Waals surface area contributed by atoms with Crippen molar-refractivity contribution in [3.05, 3.63) is 34.6 Å². The third-order valence-corrected chi connectivity index (χ3v) is 2.16. The Labute approximate surface area is 88.3 Å². The van der Waals surface area contributed by atoms with Crippen LogP contribution in [0.5, 0.6) is 0 Å². The molecule has 0 unspecified atom stereocenters. The predicted molar refractivity (Wildman–Crippen MR) is 56.6 cm³/mol. The van der Waals surface area contributed by atoms with E-state index in [0.717, 1.165) is 5.56 Å². The summed E-state index contributed by atoms with van der Waals surface area (Å²) in [5.74, 6) is 5.23. The van der Waals surface area contributed by atoms with Crippen molar-refractivity contribution in [2.24, 2.45) is 0 Å². The zero-order valence-electron chi connectivity index (χ0n) is 7.90. The Balaban J connectivity index is 2.57. The summed E-state index contributed by atoms with van der Waals surface area (Å²) in [5.41, 5.74) is 0.754. The van der Waals surface area contributed by atoms with E-state index >= 15 is 0 Å². The second-order valence-corrected chi connectivity index (χ2v) is 3.12. The molecule has 3 heteroatoms. The van der Waals surface area contributed by atoms with E-state index in [2.05, 4.69) is 17.2 Å². The molecular formula is C11H11ClFN. The van der Waals surface area contributed by atoms with Gasteiger partial charge in [-0.1, -0.05) is 29.7 Å². The molecule has 0 atom stereocenters. The molecule has 1 aromatic rings. The maximum atomic E-state index is 13.0. The molecule has 1 nitrogen and oxygen atoms in total. The number of halogens is 2. The average Bonchev–Trinajstić information content (AvgIpc) is 2.19. The van der Waals surface area contributed by atoms with Crippen molar-refractivity contribution in [3.8, 4) is 11.8 Å². The number of hydrogen-bond donors (Lipinski definition) is 1. The third kappa shape index (κ3) is 3.02. The molecule has 74 valence electrons. The Morgan fingerprint density at radius 2 is 2.29 bits per heavy atom. The first-order chi connectivity index (χ1) is 6.75. The van der Waals surface area contributed by atoms with Crippen molar-refractivity contribution in [3.63, 3.8) is 0 Å². The third-order valence-electron chi connectivity index (χ3n) is 1.74. The highest BCUT2D eigenvalue weighted by Gasteiger charge is 2.03. The fourth-order valence-corrected chi connectivity index (χ4v) is 1.23. The lowest BCUT2D eigenvalue weighted by molar-refractivity contribution is 0.623. The molecule has 1 aromatic carbocycles. The van der Waals surface area contributed by atoms with Gasteiger partial charge in [0.25, 0.3) is 0 Å². The Hall–Kier alpha value is -1.04. The molecule has 0 radical (unpaired) electrons. The Kier molecular flexibility index (Phi) is 4.45. The van der Waals surface area contributed by atoms with Gasteiger partial charge < -0.3 is 5.32 Å². The molecule has 0 saturated heterocycles. The van der Waals surface area contributed by atoms with Crippen LogP contribution < -0.4 is 5.32 Å². The first kappa shape index (κ1) is 11.0. The van der Waals surface area contributed by atoms with E-state index < -0.39 is 0 Å². The first-order valence-corrected chi connectivity index (χ1v) is 4.66. The zero-order valence-corrected chi connectivity index (χ0v) is 8.66. The van der Waals surface area contributed by atoms with Gasteiger partial charge in [0.1, 0.15) is 5.82 Å². The largest absolute Gasteiger partial charge is 0.302 e. The minimum absolute atomic E-state index is 0.185. The van der Waals surface area contributed by atoms with E-state index in [1.54, 1.807) is 19.1 Å². The summed E-state index contributed by atoms with van der Waals surface area (Å²) in [7, 11) is 0. The Morgan fingerprint density at radius 1 is 1.50 bits per heavy atom. The van der Waals surface area contributed by atoms with Gasteiger partial charge in [0.2, 0.25) is 0 Å². The topological polar surface area (TPSA) is 12.0 Å². The molecule has 1 rings (SSSR count). The molecule has 14 heavy (non-hydrogen) atoms. The smallest absolute Gasteiger partial charge is 0.142 e. The van der Waals surface area contributed by atoms with Crippen molar-refractivity contribution in [1.29, 1.82) is 0 Å². The molecule has 0 amide bonds. The molecule has 0 aliphatic heterocycles. The van der Waals surface area contributed by atoms with Crippen LogP contribution in [0.1, 0.15) is 12.5 Å². The summed E-state index contributed by atoms with van der Waals surface area (Å²) in [6.45, 7) is 2.89. The highest BCUT2D eigenvalue weighted by Crippen LogP contribution is 2.18. The molecule has 1 N–H and O–H groups in total. The van der Waals surface area contributed by atoms with Crippen LogP contribution in [0.3, 0.4) is 0 Å². The Bertz CT molecular complexity index is 365. The van der Waals surface area contributed by atoms with Gasteiger partial charge >= 0.3 is 0 Å². The second kappa shape index (κ2) is 5.64. The van der Waals surface area contributed by atoms with Gasteiger partial charge in [-0.05, 0) is 18.6 Å². The van der Waals surface area contributed by atoms with Crippen molar-refractivity contribution < 1.29 is 4.39 Å². The SMILES string of the molecule is CC#CCNCc1cccc(F)c1Cl. The summed E-state index contributed by atoms with van der Waals surface area (Å²) < 4.78 is 13.0. The molecule has 0 heterocycles. The monoisotopic (exact) mass is 211 g/mol. The first-order valence-electron chi connectivity index (χ1n) is 4.29. The van der Waals surface area contributed by atoms with E-state index in [1.807, 2.05) is 0 Å². The molecular weight excluding hydrogens is 201 g/mol. The van der Waals surface area contributed by atoms with Crippen molar-refractivity contribution >= 4 is 11.6 Å². The highest BCUT2D eigenvalue weighted by atomic mass is 35.5. The van der Waals surface area contributed by atoms with E-state index in [0.29, 0.717) is 13.1 Å². The lowest BCUT2D eigenvalue weighted by Crippen LogP contribution is -2.13. The molecule has 0 bridgehead atoms. The number of nitrogens with one attached hydrogen (secondary N) is 1. The van der Waals surface area contributed by atoms with Crippen LogP contribution in [0.4, 0.5) is 4.39 Å². The maximum absolute atomic E-state index is 13.0. The van der Waals surface area contributed by atoms with Crippen LogP contribution in [0.25, 0.3) is 0 Å². The van der Waals surface area contributed by atoms with Crippen LogP contribution in [-0.2, 0) is 6.54 Å². The molecule has 0 spiro atoms.